The molecule has 0 atom stereocenters. The molecule has 1 aliphatic rings. The molecule has 4 nitrogen and oxygen atoms in total. The van der Waals surface area contributed by atoms with Gasteiger partial charge in [0.05, 0.1) is 17.0 Å². The van der Waals surface area contributed by atoms with E-state index in [4.69, 9.17) is 10.3 Å². The molecule has 0 aromatic carbocycles. The standard InChI is InChI=1S/C16H21N3O/c17-16-15(13-8-4-5-11-18-13)14(19-20-16)10-9-12-6-2-1-3-7-12/h4-5,8,11-12H,1-3,6-7,9-10,17H2. The van der Waals surface area contributed by atoms with E-state index in [-0.39, 0.29) is 0 Å². The second-order valence-corrected chi connectivity index (χ2v) is 5.63. The van der Waals surface area contributed by atoms with E-state index >= 15 is 0 Å². The summed E-state index contributed by atoms with van der Waals surface area (Å²) in [7, 11) is 0. The molecule has 4 heteroatoms. The molecule has 1 aliphatic carbocycles. The highest BCUT2D eigenvalue weighted by molar-refractivity contribution is 5.71. The van der Waals surface area contributed by atoms with Crippen molar-refractivity contribution in [1.29, 1.82) is 0 Å². The Labute approximate surface area is 119 Å². The number of anilines is 1. The third-order valence-corrected chi connectivity index (χ3v) is 4.22. The number of aryl methyl sites for hydroxylation is 1. The monoisotopic (exact) mass is 271 g/mol. The Morgan fingerprint density at radius 3 is 2.80 bits per heavy atom. The fourth-order valence-corrected chi connectivity index (χ4v) is 3.11. The second kappa shape index (κ2) is 6.07. The predicted octanol–water partition coefficient (Wildman–Crippen LogP) is 3.83. The topological polar surface area (TPSA) is 64.9 Å². The highest BCUT2D eigenvalue weighted by Crippen LogP contribution is 2.32. The van der Waals surface area contributed by atoms with Gasteiger partial charge >= 0.3 is 0 Å². The van der Waals surface area contributed by atoms with Crippen molar-refractivity contribution in [3.8, 4) is 11.3 Å². The highest BCUT2D eigenvalue weighted by atomic mass is 16.5. The van der Waals surface area contributed by atoms with Crippen LogP contribution in [0.5, 0.6) is 0 Å². The van der Waals surface area contributed by atoms with Crippen LogP contribution < -0.4 is 5.73 Å². The molecule has 0 radical (unpaired) electrons. The number of pyridine rings is 1. The van der Waals surface area contributed by atoms with E-state index in [1.54, 1.807) is 6.20 Å². The molecule has 0 bridgehead atoms. The normalized spacial score (nSPS) is 16.4. The lowest BCUT2D eigenvalue weighted by Crippen LogP contribution is -2.07. The van der Waals surface area contributed by atoms with Crippen LogP contribution in [0, 0.1) is 5.92 Å². The zero-order valence-electron chi connectivity index (χ0n) is 11.7. The first-order valence-corrected chi connectivity index (χ1v) is 7.50. The summed E-state index contributed by atoms with van der Waals surface area (Å²) in [5.41, 5.74) is 8.59. The van der Waals surface area contributed by atoms with Crippen molar-refractivity contribution in [2.45, 2.75) is 44.9 Å². The number of nitrogens with two attached hydrogens (primary N) is 1. The largest absolute Gasteiger partial charge is 0.367 e. The summed E-state index contributed by atoms with van der Waals surface area (Å²) in [6.07, 6.45) is 10.7. The second-order valence-electron chi connectivity index (χ2n) is 5.63. The molecule has 0 aliphatic heterocycles. The van der Waals surface area contributed by atoms with Gasteiger partial charge in [0.2, 0.25) is 5.88 Å². The minimum absolute atomic E-state index is 0.377. The van der Waals surface area contributed by atoms with Gasteiger partial charge in [-0.2, -0.15) is 0 Å². The van der Waals surface area contributed by atoms with Gasteiger partial charge in [-0.1, -0.05) is 43.3 Å². The fourth-order valence-electron chi connectivity index (χ4n) is 3.11. The maximum Gasteiger partial charge on any atom is 0.231 e. The molecule has 3 rings (SSSR count). The van der Waals surface area contributed by atoms with Gasteiger partial charge in [0.1, 0.15) is 0 Å². The molecule has 2 aromatic rings. The van der Waals surface area contributed by atoms with Crippen molar-refractivity contribution in [2.24, 2.45) is 5.92 Å². The van der Waals surface area contributed by atoms with Gasteiger partial charge in [-0.05, 0) is 30.9 Å². The maximum absolute atomic E-state index is 5.91. The van der Waals surface area contributed by atoms with Gasteiger partial charge in [-0.3, -0.25) is 4.98 Å². The van der Waals surface area contributed by atoms with Gasteiger partial charge in [0, 0.05) is 6.20 Å². The number of hydrogen-bond acceptors (Lipinski definition) is 4. The Kier molecular flexibility index (Phi) is 4.00. The number of rotatable bonds is 4. The van der Waals surface area contributed by atoms with Gasteiger partial charge in [0.15, 0.2) is 0 Å². The van der Waals surface area contributed by atoms with Crippen LogP contribution in [0.2, 0.25) is 0 Å². The molecule has 2 heterocycles. The van der Waals surface area contributed by atoms with E-state index in [2.05, 4.69) is 10.1 Å². The maximum atomic E-state index is 5.91. The molecule has 0 unspecified atom stereocenters. The number of hydrogen-bond donors (Lipinski definition) is 1. The zero-order chi connectivity index (χ0) is 13.8. The molecule has 0 saturated heterocycles. The lowest BCUT2D eigenvalue weighted by atomic mass is 9.85. The molecule has 1 saturated carbocycles. The summed E-state index contributed by atoms with van der Waals surface area (Å²) in [4.78, 5) is 4.36. The van der Waals surface area contributed by atoms with Gasteiger partial charge in [0.25, 0.3) is 0 Å². The van der Waals surface area contributed by atoms with Crippen molar-refractivity contribution < 1.29 is 4.52 Å². The van der Waals surface area contributed by atoms with E-state index in [1.165, 1.54) is 38.5 Å². The van der Waals surface area contributed by atoms with Crippen LogP contribution in [-0.4, -0.2) is 10.1 Å². The van der Waals surface area contributed by atoms with Crippen molar-refractivity contribution in [3.63, 3.8) is 0 Å². The lowest BCUT2D eigenvalue weighted by Gasteiger charge is -2.20. The van der Waals surface area contributed by atoms with Crippen LogP contribution in [-0.2, 0) is 6.42 Å². The predicted molar refractivity (Wildman–Crippen MR) is 79.0 cm³/mol. The minimum Gasteiger partial charge on any atom is -0.367 e. The van der Waals surface area contributed by atoms with E-state index in [0.717, 1.165) is 29.3 Å². The number of nitrogen functional groups attached to an aromatic ring is 1. The van der Waals surface area contributed by atoms with Crippen LogP contribution in [0.15, 0.2) is 28.9 Å². The van der Waals surface area contributed by atoms with Crippen molar-refractivity contribution in [3.05, 3.63) is 30.1 Å². The Morgan fingerprint density at radius 1 is 1.20 bits per heavy atom. The molecular formula is C16H21N3O. The van der Waals surface area contributed by atoms with Gasteiger partial charge < -0.3 is 10.3 Å². The summed E-state index contributed by atoms with van der Waals surface area (Å²) in [6, 6.07) is 5.81. The van der Waals surface area contributed by atoms with E-state index in [1.807, 2.05) is 18.2 Å². The lowest BCUT2D eigenvalue weighted by molar-refractivity contribution is 0.335. The molecule has 20 heavy (non-hydrogen) atoms. The van der Waals surface area contributed by atoms with Crippen molar-refractivity contribution >= 4 is 5.88 Å². The molecule has 0 amide bonds. The average Bonchev–Trinajstić information content (AvgIpc) is 2.88. The summed E-state index contributed by atoms with van der Waals surface area (Å²) in [6.45, 7) is 0. The molecule has 1 fully saturated rings. The number of nitrogens with zero attached hydrogens (tertiary/aromatic N) is 2. The smallest absolute Gasteiger partial charge is 0.231 e. The molecule has 2 aromatic heterocycles. The molecule has 106 valence electrons. The first-order chi connectivity index (χ1) is 9.84. The molecule has 2 N–H and O–H groups in total. The molecule has 0 spiro atoms. The quantitative estimate of drug-likeness (QED) is 0.917. The minimum atomic E-state index is 0.377. The SMILES string of the molecule is Nc1onc(CCC2CCCCC2)c1-c1ccccn1. The Bertz CT molecular complexity index is 544. The highest BCUT2D eigenvalue weighted by Gasteiger charge is 2.19. The van der Waals surface area contributed by atoms with Crippen LogP contribution in [0.3, 0.4) is 0 Å². The van der Waals surface area contributed by atoms with Crippen LogP contribution in [0.1, 0.15) is 44.2 Å². The molecular weight excluding hydrogens is 250 g/mol. The van der Waals surface area contributed by atoms with E-state index in [9.17, 15) is 0 Å². The summed E-state index contributed by atoms with van der Waals surface area (Å²) < 4.78 is 5.18. The Hall–Kier alpha value is -1.84. The zero-order valence-corrected chi connectivity index (χ0v) is 11.7. The van der Waals surface area contributed by atoms with Crippen LogP contribution in [0.4, 0.5) is 5.88 Å². The Balaban J connectivity index is 1.74. The van der Waals surface area contributed by atoms with Crippen molar-refractivity contribution in [2.75, 3.05) is 5.73 Å². The van der Waals surface area contributed by atoms with E-state index < -0.39 is 0 Å². The Morgan fingerprint density at radius 2 is 2.05 bits per heavy atom. The summed E-state index contributed by atoms with van der Waals surface area (Å²) >= 11 is 0. The average molecular weight is 271 g/mol. The summed E-state index contributed by atoms with van der Waals surface area (Å²) in [5, 5.41) is 4.14. The third-order valence-electron chi connectivity index (χ3n) is 4.22. The third kappa shape index (κ3) is 2.84. The van der Waals surface area contributed by atoms with E-state index in [0.29, 0.717) is 5.88 Å². The first kappa shape index (κ1) is 13.2. The van der Waals surface area contributed by atoms with Crippen LogP contribution >= 0.6 is 0 Å². The van der Waals surface area contributed by atoms with Crippen molar-refractivity contribution in [1.82, 2.24) is 10.1 Å². The summed E-state index contributed by atoms with van der Waals surface area (Å²) in [5.74, 6) is 1.21. The number of aromatic nitrogens is 2. The first-order valence-electron chi connectivity index (χ1n) is 7.50. The van der Waals surface area contributed by atoms with Crippen LogP contribution in [0.25, 0.3) is 11.3 Å². The van der Waals surface area contributed by atoms with Gasteiger partial charge in [-0.15, -0.1) is 0 Å². The van der Waals surface area contributed by atoms with Gasteiger partial charge in [-0.25, -0.2) is 0 Å². The fraction of sp³-hybridized carbons (Fsp3) is 0.500.